The van der Waals surface area contributed by atoms with Gasteiger partial charge < -0.3 is 15.4 Å². The van der Waals surface area contributed by atoms with Crippen LogP contribution in [-0.2, 0) is 14.3 Å². The van der Waals surface area contributed by atoms with E-state index in [9.17, 15) is 9.59 Å². The Labute approximate surface area is 149 Å². The summed E-state index contributed by atoms with van der Waals surface area (Å²) in [7, 11) is 0. The number of nitrogens with two attached hydrogens (primary N) is 1. The Morgan fingerprint density at radius 2 is 1.76 bits per heavy atom. The first-order valence-electron chi connectivity index (χ1n) is 9.32. The summed E-state index contributed by atoms with van der Waals surface area (Å²) in [5.74, 6) is 0.0203. The van der Waals surface area contributed by atoms with E-state index in [1.807, 2.05) is 4.90 Å². The van der Waals surface area contributed by atoms with Crippen molar-refractivity contribution in [1.82, 2.24) is 4.90 Å². The van der Waals surface area contributed by atoms with Crippen molar-refractivity contribution in [3.63, 3.8) is 0 Å². The number of likely N-dealkylation sites (tertiary alicyclic amines) is 1. The fourth-order valence-corrected chi connectivity index (χ4v) is 3.86. The molecule has 0 aromatic heterocycles. The molecular weight excluding hydrogens is 316 g/mol. The van der Waals surface area contributed by atoms with E-state index >= 15 is 0 Å². The van der Waals surface area contributed by atoms with Gasteiger partial charge in [0, 0.05) is 6.54 Å². The van der Waals surface area contributed by atoms with Crippen LogP contribution in [0.1, 0.15) is 69.0 Å². The summed E-state index contributed by atoms with van der Waals surface area (Å²) in [5.41, 5.74) is 7.80. The average Bonchev–Trinajstić information content (AvgIpc) is 3.11. The van der Waals surface area contributed by atoms with Crippen LogP contribution in [0.5, 0.6) is 0 Å². The maximum absolute atomic E-state index is 13.0. The van der Waals surface area contributed by atoms with E-state index in [-0.39, 0.29) is 11.9 Å². The van der Waals surface area contributed by atoms with Crippen LogP contribution in [0.3, 0.4) is 0 Å². The number of amides is 2. The van der Waals surface area contributed by atoms with Crippen molar-refractivity contribution >= 4 is 11.8 Å². The molecule has 0 spiro atoms. The standard InChI is InChI=1S/C20H28N2O3/c1-13(2)14-6-8-15(9-7-14)16-5-3-4-12-22(16)20(24)18-11-10-17(25-18)19(21)23/h6-9,13,16-18H,3-5,10-12H2,1-2H3,(H2,21,23)/t16-,17+,18-/m0/s1. The number of carbonyl (C=O) groups is 2. The van der Waals surface area contributed by atoms with Gasteiger partial charge in [0.2, 0.25) is 5.91 Å². The highest BCUT2D eigenvalue weighted by Crippen LogP contribution is 2.34. The lowest BCUT2D eigenvalue weighted by Crippen LogP contribution is -2.44. The zero-order valence-corrected chi connectivity index (χ0v) is 15.1. The quantitative estimate of drug-likeness (QED) is 0.913. The predicted octanol–water partition coefficient (Wildman–Crippen LogP) is 2.90. The second kappa shape index (κ2) is 7.56. The number of hydrogen-bond acceptors (Lipinski definition) is 3. The molecule has 2 saturated heterocycles. The van der Waals surface area contributed by atoms with Crippen LogP contribution in [0.2, 0.25) is 0 Å². The molecule has 136 valence electrons. The Hall–Kier alpha value is -1.88. The summed E-state index contributed by atoms with van der Waals surface area (Å²) < 4.78 is 5.61. The zero-order valence-electron chi connectivity index (χ0n) is 15.1. The van der Waals surface area contributed by atoms with Gasteiger partial charge >= 0.3 is 0 Å². The van der Waals surface area contributed by atoms with Gasteiger partial charge in [-0.3, -0.25) is 9.59 Å². The average molecular weight is 344 g/mol. The summed E-state index contributed by atoms with van der Waals surface area (Å²) in [5, 5.41) is 0. The lowest BCUT2D eigenvalue weighted by molar-refractivity contribution is -0.149. The number of nitrogens with zero attached hydrogens (tertiary/aromatic N) is 1. The Morgan fingerprint density at radius 3 is 2.36 bits per heavy atom. The van der Waals surface area contributed by atoms with Gasteiger partial charge in [-0.15, -0.1) is 0 Å². The Kier molecular flexibility index (Phi) is 5.42. The lowest BCUT2D eigenvalue weighted by atomic mass is 9.92. The lowest BCUT2D eigenvalue weighted by Gasteiger charge is -2.37. The first-order valence-corrected chi connectivity index (χ1v) is 9.32. The molecule has 0 radical (unpaired) electrons. The Bertz CT molecular complexity index is 626. The largest absolute Gasteiger partial charge is 0.367 e. The van der Waals surface area contributed by atoms with Crippen molar-refractivity contribution in [3.8, 4) is 0 Å². The van der Waals surface area contributed by atoms with Crippen molar-refractivity contribution in [2.24, 2.45) is 5.73 Å². The first-order chi connectivity index (χ1) is 12.0. The third-order valence-electron chi connectivity index (χ3n) is 5.39. The maximum atomic E-state index is 13.0. The summed E-state index contributed by atoms with van der Waals surface area (Å²) in [6, 6.07) is 8.71. The minimum absolute atomic E-state index is 0.00128. The first kappa shape index (κ1) is 17.9. The van der Waals surface area contributed by atoms with E-state index in [0.717, 1.165) is 25.8 Å². The molecule has 2 aliphatic heterocycles. The molecule has 1 aromatic rings. The van der Waals surface area contributed by atoms with E-state index < -0.39 is 18.1 Å². The molecule has 2 aliphatic rings. The highest BCUT2D eigenvalue weighted by atomic mass is 16.5. The smallest absolute Gasteiger partial charge is 0.252 e. The van der Waals surface area contributed by atoms with E-state index in [2.05, 4.69) is 38.1 Å². The summed E-state index contributed by atoms with van der Waals surface area (Å²) in [6.45, 7) is 5.10. The predicted molar refractivity (Wildman–Crippen MR) is 95.9 cm³/mol. The molecule has 5 heteroatoms. The molecule has 2 amide bonds. The molecule has 1 aromatic carbocycles. The number of primary amides is 1. The van der Waals surface area contributed by atoms with Crippen LogP contribution in [0, 0.1) is 0 Å². The molecule has 3 atom stereocenters. The van der Waals surface area contributed by atoms with Crippen LogP contribution >= 0.6 is 0 Å². The molecular formula is C20H28N2O3. The van der Waals surface area contributed by atoms with Crippen LogP contribution < -0.4 is 5.73 Å². The minimum Gasteiger partial charge on any atom is -0.367 e. The monoisotopic (exact) mass is 344 g/mol. The molecule has 0 unspecified atom stereocenters. The fourth-order valence-electron chi connectivity index (χ4n) is 3.86. The number of piperidine rings is 1. The molecule has 2 N–H and O–H groups in total. The zero-order chi connectivity index (χ0) is 18.0. The van der Waals surface area contributed by atoms with Crippen molar-refractivity contribution in [2.75, 3.05) is 6.54 Å². The van der Waals surface area contributed by atoms with Gasteiger partial charge in [-0.25, -0.2) is 0 Å². The molecule has 0 aliphatic carbocycles. The summed E-state index contributed by atoms with van der Waals surface area (Å²) in [6.07, 6.45) is 3.05. The Balaban J connectivity index is 1.74. The van der Waals surface area contributed by atoms with Crippen molar-refractivity contribution in [3.05, 3.63) is 35.4 Å². The highest BCUT2D eigenvalue weighted by Gasteiger charge is 2.38. The topological polar surface area (TPSA) is 72.6 Å². The van der Waals surface area contributed by atoms with Crippen LogP contribution in [0.15, 0.2) is 24.3 Å². The van der Waals surface area contributed by atoms with Crippen molar-refractivity contribution in [1.29, 1.82) is 0 Å². The molecule has 2 fully saturated rings. The number of rotatable bonds is 4. The Morgan fingerprint density at radius 1 is 1.08 bits per heavy atom. The molecule has 3 rings (SSSR count). The molecule has 5 nitrogen and oxygen atoms in total. The van der Waals surface area contributed by atoms with Gasteiger partial charge in [0.1, 0.15) is 12.2 Å². The van der Waals surface area contributed by atoms with Crippen LogP contribution in [-0.4, -0.2) is 35.5 Å². The third-order valence-corrected chi connectivity index (χ3v) is 5.39. The maximum Gasteiger partial charge on any atom is 0.252 e. The van der Waals surface area contributed by atoms with E-state index in [4.69, 9.17) is 10.5 Å². The normalized spacial score (nSPS) is 26.8. The number of ether oxygens (including phenoxy) is 1. The van der Waals surface area contributed by atoms with Crippen molar-refractivity contribution < 1.29 is 14.3 Å². The molecule has 25 heavy (non-hydrogen) atoms. The highest BCUT2D eigenvalue weighted by molar-refractivity contribution is 5.84. The second-order valence-corrected chi connectivity index (χ2v) is 7.46. The van der Waals surface area contributed by atoms with Crippen LogP contribution in [0.25, 0.3) is 0 Å². The van der Waals surface area contributed by atoms with E-state index in [1.54, 1.807) is 0 Å². The minimum atomic E-state index is -0.623. The summed E-state index contributed by atoms with van der Waals surface area (Å²) in [4.78, 5) is 26.2. The second-order valence-electron chi connectivity index (χ2n) is 7.46. The van der Waals surface area contributed by atoms with E-state index in [1.165, 1.54) is 11.1 Å². The van der Waals surface area contributed by atoms with Gasteiger partial charge in [0.15, 0.2) is 0 Å². The number of hydrogen-bond donors (Lipinski definition) is 1. The third kappa shape index (κ3) is 3.87. The SMILES string of the molecule is CC(C)c1ccc([C@@H]2CCCCN2C(=O)[C@@H]2CC[C@H](C(N)=O)O2)cc1. The summed E-state index contributed by atoms with van der Waals surface area (Å²) >= 11 is 0. The van der Waals surface area contributed by atoms with Gasteiger partial charge in [0.05, 0.1) is 6.04 Å². The molecule has 2 heterocycles. The van der Waals surface area contributed by atoms with E-state index in [0.29, 0.717) is 18.8 Å². The van der Waals surface area contributed by atoms with Gasteiger partial charge in [-0.2, -0.15) is 0 Å². The van der Waals surface area contributed by atoms with Gasteiger partial charge in [-0.1, -0.05) is 38.1 Å². The number of carbonyl (C=O) groups excluding carboxylic acids is 2. The number of benzene rings is 1. The molecule has 0 saturated carbocycles. The van der Waals surface area contributed by atoms with Gasteiger partial charge in [-0.05, 0) is 49.1 Å². The molecule has 0 bridgehead atoms. The van der Waals surface area contributed by atoms with Gasteiger partial charge in [0.25, 0.3) is 5.91 Å². The fraction of sp³-hybridized carbons (Fsp3) is 0.600. The van der Waals surface area contributed by atoms with Crippen molar-refractivity contribution in [2.45, 2.75) is 70.1 Å². The van der Waals surface area contributed by atoms with Crippen LogP contribution in [0.4, 0.5) is 0 Å².